The lowest BCUT2D eigenvalue weighted by Crippen LogP contribution is -2.48. The van der Waals surface area contributed by atoms with Crippen LogP contribution >= 0.6 is 0 Å². The zero-order valence-electron chi connectivity index (χ0n) is 32.1. The molecular weight excluding hydrogens is 737 g/mol. The first-order chi connectivity index (χ1) is 28.1. The Kier molecular flexibility index (Phi) is 8.26. The van der Waals surface area contributed by atoms with Crippen molar-refractivity contribution in [1.82, 2.24) is 38.5 Å². The van der Waals surface area contributed by atoms with Gasteiger partial charge in [-0.1, -0.05) is 32.0 Å². The number of phenols is 2. The molecule has 0 atom stereocenters. The van der Waals surface area contributed by atoms with E-state index in [4.69, 9.17) is 14.5 Å². The van der Waals surface area contributed by atoms with Gasteiger partial charge in [0.1, 0.15) is 24.4 Å². The Morgan fingerprint density at radius 1 is 0.897 bits per heavy atom. The lowest BCUT2D eigenvalue weighted by molar-refractivity contribution is 0.0987. The van der Waals surface area contributed by atoms with Crippen molar-refractivity contribution in [1.29, 1.82) is 0 Å². The van der Waals surface area contributed by atoms with Crippen molar-refractivity contribution in [2.75, 3.05) is 26.2 Å². The second kappa shape index (κ2) is 13.6. The summed E-state index contributed by atoms with van der Waals surface area (Å²) in [6.07, 6.45) is 5.19. The van der Waals surface area contributed by atoms with Gasteiger partial charge in [0.05, 0.1) is 27.8 Å². The first-order valence-electron chi connectivity index (χ1n) is 19.3. The normalized spacial score (nSPS) is 14.8. The highest BCUT2D eigenvalue weighted by Gasteiger charge is 2.27. The molecule has 0 aliphatic carbocycles. The van der Waals surface area contributed by atoms with Gasteiger partial charge in [0.25, 0.3) is 0 Å². The van der Waals surface area contributed by atoms with Crippen molar-refractivity contribution < 1.29 is 24.5 Å². The van der Waals surface area contributed by atoms with Gasteiger partial charge in [-0.25, -0.2) is 24.2 Å². The standard InChI is InChI=1S/C44H40N8O6/c1-25(2)32-17-34(39(54)19-38(32)53)42-46-47-43(55)52(42)30-8-9-36-27(15-30)16-31(48(36)3)22-49-10-12-50(13-11-49)44(56)58-40-24-57-23-29-21-51-20-28-14-26-6-4-5-7-35(26)45-41(28)37(51)18-33(29)40/h4-9,14-21,24-25,53-54H,10-13,22-23H2,1-3H3,(H,47,55). The molecule has 3 aromatic carbocycles. The van der Waals surface area contributed by atoms with Gasteiger partial charge in [0.2, 0.25) is 0 Å². The number of hydrogen-bond acceptors (Lipinski definition) is 9. The summed E-state index contributed by atoms with van der Waals surface area (Å²) in [5.74, 6) is 0.416. The van der Waals surface area contributed by atoms with Gasteiger partial charge in [-0.2, -0.15) is 5.10 Å². The van der Waals surface area contributed by atoms with E-state index >= 15 is 0 Å². The monoisotopic (exact) mass is 776 g/mol. The Hall–Kier alpha value is -7.06. The molecule has 0 saturated carbocycles. The fraction of sp³-hybridized carbons (Fsp3) is 0.227. The Morgan fingerprint density at radius 2 is 1.72 bits per heavy atom. The highest BCUT2D eigenvalue weighted by atomic mass is 16.6. The number of piperazine rings is 1. The van der Waals surface area contributed by atoms with Crippen LogP contribution in [0.5, 0.6) is 11.5 Å². The minimum atomic E-state index is -0.449. The number of aromatic hydroxyl groups is 2. The van der Waals surface area contributed by atoms with Crippen LogP contribution in [0.25, 0.3) is 61.1 Å². The SMILES string of the molecule is CC(C)c1cc(-c2n[nH]c(=O)n2-c2ccc3c(c2)cc(CN2CCN(C(=O)OC4=COCc5cn6cc7cc8ccccc8nc7c6cc54)CC2)n3C)c(O)cc1O. The summed E-state index contributed by atoms with van der Waals surface area (Å²) in [6, 6.07) is 23.0. The van der Waals surface area contributed by atoms with Gasteiger partial charge in [0.15, 0.2) is 11.6 Å². The predicted octanol–water partition coefficient (Wildman–Crippen LogP) is 6.99. The summed E-state index contributed by atoms with van der Waals surface area (Å²) in [7, 11) is 2.02. The largest absolute Gasteiger partial charge is 0.508 e. The predicted molar refractivity (Wildman–Crippen MR) is 220 cm³/mol. The number of hydrogen-bond donors (Lipinski definition) is 3. The number of para-hydroxylation sites is 1. The number of benzene rings is 3. The lowest BCUT2D eigenvalue weighted by atomic mass is 9.98. The topological polar surface area (TPSA) is 155 Å². The smallest absolute Gasteiger partial charge is 0.415 e. The second-order valence-corrected chi connectivity index (χ2v) is 15.4. The number of phenolic OH excluding ortho intramolecular Hbond substituents is 2. The third kappa shape index (κ3) is 5.91. The fourth-order valence-corrected chi connectivity index (χ4v) is 8.30. The van der Waals surface area contributed by atoms with Gasteiger partial charge in [-0.05, 0) is 60.0 Å². The van der Waals surface area contributed by atoms with Crippen molar-refractivity contribution in [3.05, 3.63) is 124 Å². The molecule has 7 heterocycles. The molecular formula is C44H40N8O6. The molecule has 0 unspecified atom stereocenters. The highest BCUT2D eigenvalue weighted by molar-refractivity contribution is 6.01. The molecule has 8 aromatic rings. The zero-order chi connectivity index (χ0) is 39.8. The molecule has 0 radical (unpaired) electrons. The third-order valence-electron chi connectivity index (χ3n) is 11.4. The van der Waals surface area contributed by atoms with Crippen LogP contribution in [0.4, 0.5) is 4.79 Å². The van der Waals surface area contributed by atoms with Crippen LogP contribution in [-0.2, 0) is 29.7 Å². The van der Waals surface area contributed by atoms with E-state index < -0.39 is 11.8 Å². The van der Waals surface area contributed by atoms with Crippen LogP contribution < -0.4 is 5.69 Å². The molecule has 292 valence electrons. The van der Waals surface area contributed by atoms with Gasteiger partial charge < -0.3 is 33.6 Å². The molecule has 1 fully saturated rings. The number of pyridine rings is 2. The quantitative estimate of drug-likeness (QED) is 0.162. The maximum atomic E-state index is 13.5. The summed E-state index contributed by atoms with van der Waals surface area (Å²) in [5, 5.41) is 31.0. The molecule has 1 amide bonds. The van der Waals surface area contributed by atoms with E-state index in [-0.39, 0.29) is 23.2 Å². The van der Waals surface area contributed by atoms with Crippen molar-refractivity contribution in [3.8, 4) is 28.6 Å². The van der Waals surface area contributed by atoms with Gasteiger partial charge in [-0.15, -0.1) is 0 Å². The summed E-state index contributed by atoms with van der Waals surface area (Å²) in [6.45, 7) is 7.24. The minimum Gasteiger partial charge on any atom is -0.508 e. The van der Waals surface area contributed by atoms with Crippen LogP contribution in [0.3, 0.4) is 0 Å². The molecule has 0 spiro atoms. The third-order valence-corrected chi connectivity index (χ3v) is 11.4. The van der Waals surface area contributed by atoms with Crippen molar-refractivity contribution in [3.63, 3.8) is 0 Å². The van der Waals surface area contributed by atoms with Gasteiger partial charge in [0, 0.05) is 96.7 Å². The summed E-state index contributed by atoms with van der Waals surface area (Å²) >= 11 is 0. The number of amides is 1. The Bertz CT molecular complexity index is 3050. The van der Waals surface area contributed by atoms with Crippen LogP contribution in [0, 0.1) is 0 Å². The molecule has 3 N–H and O–H groups in total. The Balaban J connectivity index is 0.834. The minimum absolute atomic E-state index is 0.0133. The van der Waals surface area contributed by atoms with Crippen molar-refractivity contribution in [2.45, 2.75) is 32.9 Å². The van der Waals surface area contributed by atoms with E-state index in [1.165, 1.54) is 16.9 Å². The van der Waals surface area contributed by atoms with Gasteiger partial charge >= 0.3 is 11.8 Å². The van der Waals surface area contributed by atoms with E-state index in [2.05, 4.69) is 48.5 Å². The van der Waals surface area contributed by atoms with E-state index in [0.29, 0.717) is 61.9 Å². The molecule has 2 aliphatic heterocycles. The zero-order valence-corrected chi connectivity index (χ0v) is 32.1. The summed E-state index contributed by atoms with van der Waals surface area (Å²) in [4.78, 5) is 35.6. The molecule has 2 aliphatic rings. The second-order valence-electron chi connectivity index (χ2n) is 15.4. The number of aromatic amines is 1. The number of ether oxygens (including phenoxy) is 2. The molecule has 14 heteroatoms. The lowest BCUT2D eigenvalue weighted by Gasteiger charge is -2.34. The number of carbonyl (C=O) groups excluding carboxylic acids is 1. The number of rotatable bonds is 6. The van der Waals surface area contributed by atoms with E-state index in [0.717, 1.165) is 55.0 Å². The maximum absolute atomic E-state index is 13.5. The maximum Gasteiger partial charge on any atom is 0.415 e. The molecule has 58 heavy (non-hydrogen) atoms. The number of nitrogens with one attached hydrogen (secondary N) is 1. The number of aryl methyl sites for hydroxylation is 1. The van der Waals surface area contributed by atoms with E-state index in [1.807, 2.05) is 69.6 Å². The number of H-pyrrole nitrogens is 1. The highest BCUT2D eigenvalue weighted by Crippen LogP contribution is 2.38. The number of fused-ring (bicyclic) bond motifs is 6. The fourth-order valence-electron chi connectivity index (χ4n) is 8.30. The van der Waals surface area contributed by atoms with Crippen LogP contribution in [0.1, 0.15) is 42.1 Å². The number of aromatic nitrogens is 6. The van der Waals surface area contributed by atoms with Crippen LogP contribution in [-0.4, -0.2) is 81.0 Å². The molecule has 0 bridgehead atoms. The summed E-state index contributed by atoms with van der Waals surface area (Å²) in [5.41, 5.74) is 7.65. The van der Waals surface area contributed by atoms with E-state index in [1.54, 1.807) is 11.0 Å². The average Bonchev–Trinajstić information content (AvgIpc) is 3.87. The first kappa shape index (κ1) is 35.4. The van der Waals surface area contributed by atoms with E-state index in [9.17, 15) is 19.8 Å². The molecule has 5 aromatic heterocycles. The van der Waals surface area contributed by atoms with Crippen molar-refractivity contribution >= 4 is 50.1 Å². The van der Waals surface area contributed by atoms with Crippen molar-refractivity contribution in [2.24, 2.45) is 7.05 Å². The molecule has 14 nitrogen and oxygen atoms in total. The molecule has 1 saturated heterocycles. The number of carbonyl (C=O) groups is 1. The molecule has 10 rings (SSSR count). The summed E-state index contributed by atoms with van der Waals surface area (Å²) < 4.78 is 17.4. The number of nitrogens with zero attached hydrogens (tertiary/aromatic N) is 7. The van der Waals surface area contributed by atoms with Gasteiger partial charge in [-0.3, -0.25) is 4.90 Å². The Labute approximate surface area is 331 Å². The Morgan fingerprint density at radius 3 is 2.55 bits per heavy atom. The van der Waals surface area contributed by atoms with Crippen LogP contribution in [0.2, 0.25) is 0 Å². The van der Waals surface area contributed by atoms with Crippen LogP contribution in [0.15, 0.2) is 96.2 Å². The average molecular weight is 777 g/mol. The first-order valence-corrected chi connectivity index (χ1v) is 19.3.